The van der Waals surface area contributed by atoms with E-state index in [0.29, 0.717) is 36.9 Å². The van der Waals surface area contributed by atoms with Gasteiger partial charge in [0.05, 0.1) is 18.1 Å². The van der Waals surface area contributed by atoms with Crippen molar-refractivity contribution in [2.24, 2.45) is 0 Å². The largest absolute Gasteiger partial charge is 0.490 e. The smallest absolute Gasteiger partial charge is 0.326 e. The highest BCUT2D eigenvalue weighted by Gasteiger charge is 2.36. The maximum absolute atomic E-state index is 12.6. The standard InChI is InChI=1S/C24H25NO7S/c1-3-29-20-14-17(10-11-19(20)32-13-12-31-18-8-6-5-7-9-18)15-21-23(27)25(24(28)33-21)16-22(26)30-4-2/h5-11,14-15H,3-4,12-13,16H2,1-2H3/b21-15-. The molecular weight excluding hydrogens is 446 g/mol. The summed E-state index contributed by atoms with van der Waals surface area (Å²) in [6.07, 6.45) is 1.58. The zero-order valence-corrected chi connectivity index (χ0v) is 19.3. The summed E-state index contributed by atoms with van der Waals surface area (Å²) in [7, 11) is 0. The molecule has 33 heavy (non-hydrogen) atoms. The van der Waals surface area contributed by atoms with Crippen LogP contribution in [0.25, 0.3) is 6.08 Å². The molecule has 0 saturated carbocycles. The molecule has 0 unspecified atom stereocenters. The SMILES string of the molecule is CCOC(=O)CN1C(=O)S/C(=C\c2ccc(OCCOc3ccccc3)c(OCC)c2)C1=O. The van der Waals surface area contributed by atoms with Crippen LogP contribution in [0.3, 0.4) is 0 Å². The molecule has 8 nitrogen and oxygen atoms in total. The van der Waals surface area contributed by atoms with E-state index in [1.807, 2.05) is 37.3 Å². The maximum atomic E-state index is 12.6. The number of imide groups is 1. The molecule has 3 rings (SSSR count). The predicted molar refractivity (Wildman–Crippen MR) is 124 cm³/mol. The number of rotatable bonds is 11. The Morgan fingerprint density at radius 2 is 1.70 bits per heavy atom. The molecule has 1 aliphatic rings. The molecule has 1 saturated heterocycles. The zero-order valence-electron chi connectivity index (χ0n) is 18.4. The van der Waals surface area contributed by atoms with Crippen LogP contribution in [-0.2, 0) is 14.3 Å². The number of para-hydroxylation sites is 1. The topological polar surface area (TPSA) is 91.4 Å². The molecule has 9 heteroatoms. The van der Waals surface area contributed by atoms with E-state index in [0.717, 1.165) is 22.4 Å². The molecule has 2 amide bonds. The molecule has 0 aliphatic carbocycles. The average molecular weight is 472 g/mol. The minimum atomic E-state index is -0.627. The molecule has 1 heterocycles. The molecule has 1 aliphatic heterocycles. The van der Waals surface area contributed by atoms with E-state index in [1.165, 1.54) is 0 Å². The molecule has 0 spiro atoms. The van der Waals surface area contributed by atoms with Gasteiger partial charge in [-0.15, -0.1) is 0 Å². The second-order valence-electron chi connectivity index (χ2n) is 6.72. The van der Waals surface area contributed by atoms with Gasteiger partial charge in [-0.05, 0) is 61.5 Å². The van der Waals surface area contributed by atoms with Crippen molar-refractivity contribution in [2.45, 2.75) is 13.8 Å². The highest BCUT2D eigenvalue weighted by molar-refractivity contribution is 8.18. The Bertz CT molecular complexity index is 1020. The van der Waals surface area contributed by atoms with Gasteiger partial charge in [0.1, 0.15) is 25.5 Å². The number of carbonyl (C=O) groups is 3. The molecular formula is C24H25NO7S. The number of carbonyl (C=O) groups excluding carboxylic acids is 3. The van der Waals surface area contributed by atoms with Crippen molar-refractivity contribution >= 4 is 35.0 Å². The summed E-state index contributed by atoms with van der Waals surface area (Å²) in [5.41, 5.74) is 0.660. The highest BCUT2D eigenvalue weighted by atomic mass is 32.2. The minimum absolute atomic E-state index is 0.178. The number of nitrogens with zero attached hydrogens (tertiary/aromatic N) is 1. The Morgan fingerprint density at radius 3 is 2.42 bits per heavy atom. The predicted octanol–water partition coefficient (Wildman–Crippen LogP) is 4.14. The number of benzene rings is 2. The first-order chi connectivity index (χ1) is 16.0. The van der Waals surface area contributed by atoms with Gasteiger partial charge in [-0.25, -0.2) is 0 Å². The van der Waals surface area contributed by atoms with Gasteiger partial charge < -0.3 is 18.9 Å². The van der Waals surface area contributed by atoms with Crippen molar-refractivity contribution < 1.29 is 33.3 Å². The van der Waals surface area contributed by atoms with E-state index >= 15 is 0 Å². The van der Waals surface area contributed by atoms with E-state index in [-0.39, 0.29) is 11.5 Å². The molecule has 174 valence electrons. The third-order valence-electron chi connectivity index (χ3n) is 4.38. The Balaban J connectivity index is 1.65. The van der Waals surface area contributed by atoms with Crippen LogP contribution in [0, 0.1) is 0 Å². The van der Waals surface area contributed by atoms with Crippen LogP contribution in [0.5, 0.6) is 17.2 Å². The van der Waals surface area contributed by atoms with Crippen molar-refractivity contribution in [1.82, 2.24) is 4.90 Å². The fraction of sp³-hybridized carbons (Fsp3) is 0.292. The molecule has 0 bridgehead atoms. The molecule has 0 aromatic heterocycles. The van der Waals surface area contributed by atoms with Crippen LogP contribution in [0.1, 0.15) is 19.4 Å². The normalized spacial score (nSPS) is 14.5. The summed E-state index contributed by atoms with van der Waals surface area (Å²) in [4.78, 5) is 37.5. The lowest BCUT2D eigenvalue weighted by Gasteiger charge is -2.13. The Kier molecular flexibility index (Phi) is 8.77. The van der Waals surface area contributed by atoms with Gasteiger partial charge >= 0.3 is 5.97 Å². The third kappa shape index (κ3) is 6.76. The fourth-order valence-corrected chi connectivity index (χ4v) is 3.79. The van der Waals surface area contributed by atoms with Gasteiger partial charge in [0.15, 0.2) is 11.5 Å². The van der Waals surface area contributed by atoms with Crippen molar-refractivity contribution in [3.63, 3.8) is 0 Å². The van der Waals surface area contributed by atoms with Crippen molar-refractivity contribution in [2.75, 3.05) is 33.0 Å². The monoisotopic (exact) mass is 471 g/mol. The van der Waals surface area contributed by atoms with Crippen molar-refractivity contribution in [3.05, 3.63) is 59.0 Å². The van der Waals surface area contributed by atoms with Crippen molar-refractivity contribution in [3.8, 4) is 17.2 Å². The summed E-state index contributed by atoms with van der Waals surface area (Å²) in [6.45, 7) is 4.40. The summed E-state index contributed by atoms with van der Waals surface area (Å²) in [5, 5.41) is -0.511. The molecule has 2 aromatic carbocycles. The van der Waals surface area contributed by atoms with Gasteiger partial charge in [-0.2, -0.15) is 0 Å². The van der Waals surface area contributed by atoms with Gasteiger partial charge in [-0.1, -0.05) is 24.3 Å². The first-order valence-corrected chi connectivity index (χ1v) is 11.3. The Hall–Kier alpha value is -3.46. The molecule has 0 N–H and O–H groups in total. The van der Waals surface area contributed by atoms with E-state index in [1.54, 1.807) is 31.2 Å². The van der Waals surface area contributed by atoms with Crippen LogP contribution < -0.4 is 14.2 Å². The van der Waals surface area contributed by atoms with Gasteiger partial charge in [0.25, 0.3) is 11.1 Å². The lowest BCUT2D eigenvalue weighted by Crippen LogP contribution is -2.34. The summed E-state index contributed by atoms with van der Waals surface area (Å²) in [6, 6.07) is 14.7. The highest BCUT2D eigenvalue weighted by Crippen LogP contribution is 2.34. The lowest BCUT2D eigenvalue weighted by atomic mass is 10.2. The van der Waals surface area contributed by atoms with E-state index in [2.05, 4.69) is 0 Å². The van der Waals surface area contributed by atoms with Crippen molar-refractivity contribution in [1.29, 1.82) is 0 Å². The summed E-state index contributed by atoms with van der Waals surface area (Å²) < 4.78 is 21.9. The number of hydrogen-bond acceptors (Lipinski definition) is 8. The average Bonchev–Trinajstić information content (AvgIpc) is 3.06. The maximum Gasteiger partial charge on any atom is 0.326 e. The van der Waals surface area contributed by atoms with Crippen LogP contribution in [0.2, 0.25) is 0 Å². The van der Waals surface area contributed by atoms with Gasteiger partial charge in [-0.3, -0.25) is 19.3 Å². The van der Waals surface area contributed by atoms with Gasteiger partial charge in [0, 0.05) is 0 Å². The number of thioether (sulfide) groups is 1. The van der Waals surface area contributed by atoms with Gasteiger partial charge in [0.2, 0.25) is 0 Å². The van der Waals surface area contributed by atoms with E-state index in [9.17, 15) is 14.4 Å². The van der Waals surface area contributed by atoms with Crippen LogP contribution in [0.4, 0.5) is 4.79 Å². The van der Waals surface area contributed by atoms with E-state index < -0.39 is 23.7 Å². The Labute approximate surface area is 196 Å². The Morgan fingerprint density at radius 1 is 0.939 bits per heavy atom. The molecule has 2 aromatic rings. The van der Waals surface area contributed by atoms with Crippen LogP contribution in [-0.4, -0.2) is 55.0 Å². The van der Waals surface area contributed by atoms with E-state index in [4.69, 9.17) is 18.9 Å². The molecule has 0 radical (unpaired) electrons. The first kappa shape index (κ1) is 24.2. The zero-order chi connectivity index (χ0) is 23.6. The molecule has 1 fully saturated rings. The quantitative estimate of drug-likeness (QED) is 0.274. The first-order valence-electron chi connectivity index (χ1n) is 10.5. The second-order valence-corrected chi connectivity index (χ2v) is 7.72. The summed E-state index contributed by atoms with van der Waals surface area (Å²) in [5.74, 6) is 0.656. The number of hydrogen-bond donors (Lipinski definition) is 0. The summed E-state index contributed by atoms with van der Waals surface area (Å²) >= 11 is 0.777. The third-order valence-corrected chi connectivity index (χ3v) is 5.29. The van der Waals surface area contributed by atoms with Crippen LogP contribution >= 0.6 is 11.8 Å². The minimum Gasteiger partial charge on any atom is -0.490 e. The van der Waals surface area contributed by atoms with Crippen LogP contribution in [0.15, 0.2) is 53.4 Å². The fourth-order valence-electron chi connectivity index (χ4n) is 2.95. The number of amides is 2. The molecule has 0 atom stereocenters. The second kappa shape index (κ2) is 12.0. The number of ether oxygens (including phenoxy) is 4. The lowest BCUT2D eigenvalue weighted by molar-refractivity contribution is -0.145. The number of esters is 1.